The Balaban J connectivity index is 1.88. The molecule has 1 aliphatic heterocycles. The van der Waals surface area contributed by atoms with Gasteiger partial charge in [-0.05, 0) is 22.9 Å². The van der Waals surface area contributed by atoms with Gasteiger partial charge in [-0.1, -0.05) is 0 Å². The summed E-state index contributed by atoms with van der Waals surface area (Å²) in [6, 6.07) is 1.74. The van der Waals surface area contributed by atoms with E-state index in [0.717, 1.165) is 5.69 Å². The first-order valence-electron chi connectivity index (χ1n) is 6.50. The topological polar surface area (TPSA) is 59.7 Å². The summed E-state index contributed by atoms with van der Waals surface area (Å²) in [5, 5.41) is 8.19. The van der Waals surface area contributed by atoms with Crippen LogP contribution in [0.1, 0.15) is 18.5 Å². The number of alkyl halides is 2. The van der Waals surface area contributed by atoms with E-state index in [1.54, 1.807) is 17.2 Å². The molecule has 0 unspecified atom stereocenters. The number of anilines is 1. The van der Waals surface area contributed by atoms with Crippen molar-refractivity contribution in [2.24, 2.45) is 0 Å². The predicted molar refractivity (Wildman–Crippen MR) is 75.8 cm³/mol. The monoisotopic (exact) mass is 358 g/mol. The second-order valence-electron chi connectivity index (χ2n) is 4.97. The fourth-order valence-electron chi connectivity index (χ4n) is 2.17. The molecule has 1 aliphatic rings. The molecular weight excluding hydrogens is 346 g/mol. The van der Waals surface area contributed by atoms with Crippen LogP contribution in [0.2, 0.25) is 0 Å². The summed E-state index contributed by atoms with van der Waals surface area (Å²) >= 11 is 3.22. The van der Waals surface area contributed by atoms with Gasteiger partial charge >= 0.3 is 0 Å². The normalized spacial score (nSPS) is 18.0. The van der Waals surface area contributed by atoms with E-state index < -0.39 is 5.92 Å². The second-order valence-corrected chi connectivity index (χ2v) is 5.78. The third kappa shape index (κ3) is 3.17. The van der Waals surface area contributed by atoms with Gasteiger partial charge in [0.1, 0.15) is 4.60 Å². The minimum absolute atomic E-state index is 0.175. The third-order valence-electron chi connectivity index (χ3n) is 3.28. The van der Waals surface area contributed by atoms with Crippen LogP contribution in [-0.2, 0) is 0 Å². The van der Waals surface area contributed by atoms with Crippen LogP contribution in [0.15, 0.2) is 16.9 Å². The van der Waals surface area contributed by atoms with Gasteiger partial charge < -0.3 is 4.90 Å². The Morgan fingerprint density at radius 1 is 1.24 bits per heavy atom. The lowest BCUT2D eigenvalue weighted by Crippen LogP contribution is -2.40. The van der Waals surface area contributed by atoms with Gasteiger partial charge in [0.25, 0.3) is 5.92 Å². The van der Waals surface area contributed by atoms with Crippen molar-refractivity contribution in [3.05, 3.63) is 22.6 Å². The van der Waals surface area contributed by atoms with Crippen molar-refractivity contribution in [2.75, 3.05) is 18.0 Å². The van der Waals surface area contributed by atoms with Crippen molar-refractivity contribution in [3.63, 3.8) is 0 Å². The number of halogens is 3. The van der Waals surface area contributed by atoms with Gasteiger partial charge in [0.05, 0.1) is 6.20 Å². The van der Waals surface area contributed by atoms with Crippen LogP contribution in [0.5, 0.6) is 0 Å². The maximum absolute atomic E-state index is 13.2. The molecule has 0 aromatic carbocycles. The molecule has 6 nitrogen and oxygen atoms in total. The quantitative estimate of drug-likeness (QED) is 0.824. The largest absolute Gasteiger partial charge is 0.340 e. The molecule has 112 valence electrons. The zero-order chi connectivity index (χ0) is 15.0. The molecule has 0 amide bonds. The van der Waals surface area contributed by atoms with Crippen LogP contribution >= 0.6 is 15.9 Å². The molecule has 0 atom stereocenters. The molecular formula is C12H13BrF2N6. The molecule has 0 aliphatic carbocycles. The average molecular weight is 359 g/mol. The Labute approximate surface area is 128 Å². The number of aryl methyl sites for hydroxylation is 1. The minimum atomic E-state index is -2.59. The molecule has 0 bridgehead atoms. The number of nitrogens with zero attached hydrogens (tertiary/aromatic N) is 6. The molecule has 3 rings (SSSR count). The van der Waals surface area contributed by atoms with Crippen molar-refractivity contribution in [1.29, 1.82) is 0 Å². The predicted octanol–water partition coefficient (Wildman–Crippen LogP) is 2.36. The summed E-state index contributed by atoms with van der Waals surface area (Å²) in [4.78, 5) is 11.8. The first kappa shape index (κ1) is 14.3. The van der Waals surface area contributed by atoms with E-state index in [2.05, 4.69) is 36.1 Å². The zero-order valence-electron chi connectivity index (χ0n) is 11.3. The zero-order valence-corrected chi connectivity index (χ0v) is 12.9. The lowest BCUT2D eigenvalue weighted by molar-refractivity contribution is -0.0222. The molecule has 1 saturated heterocycles. The summed E-state index contributed by atoms with van der Waals surface area (Å²) in [6.45, 7) is 2.31. The van der Waals surface area contributed by atoms with Crippen LogP contribution in [0.25, 0.3) is 5.82 Å². The molecule has 2 aromatic heterocycles. The van der Waals surface area contributed by atoms with E-state index in [-0.39, 0.29) is 25.9 Å². The van der Waals surface area contributed by atoms with Gasteiger partial charge in [0.15, 0.2) is 5.82 Å². The second kappa shape index (κ2) is 5.28. The highest BCUT2D eigenvalue weighted by molar-refractivity contribution is 9.10. The van der Waals surface area contributed by atoms with Crippen molar-refractivity contribution in [3.8, 4) is 5.82 Å². The van der Waals surface area contributed by atoms with E-state index in [4.69, 9.17) is 0 Å². The van der Waals surface area contributed by atoms with E-state index in [1.807, 2.05) is 6.92 Å². The van der Waals surface area contributed by atoms with Gasteiger partial charge in [-0.15, -0.1) is 9.90 Å². The highest BCUT2D eigenvalue weighted by Gasteiger charge is 2.34. The summed E-state index contributed by atoms with van der Waals surface area (Å²) in [5.74, 6) is -1.63. The van der Waals surface area contributed by atoms with E-state index >= 15 is 0 Å². The number of hydrogen-bond donors (Lipinski definition) is 0. The lowest BCUT2D eigenvalue weighted by Gasteiger charge is -2.31. The number of rotatable bonds is 2. The van der Waals surface area contributed by atoms with E-state index in [9.17, 15) is 8.78 Å². The van der Waals surface area contributed by atoms with Crippen LogP contribution in [0.3, 0.4) is 0 Å². The molecule has 3 heterocycles. The molecule has 21 heavy (non-hydrogen) atoms. The van der Waals surface area contributed by atoms with Crippen molar-refractivity contribution in [2.45, 2.75) is 25.7 Å². The number of aromatic nitrogens is 5. The first-order valence-corrected chi connectivity index (χ1v) is 7.29. The smallest absolute Gasteiger partial charge is 0.251 e. The van der Waals surface area contributed by atoms with E-state index in [1.165, 1.54) is 4.80 Å². The average Bonchev–Trinajstić information content (AvgIpc) is 2.85. The Morgan fingerprint density at radius 2 is 1.95 bits per heavy atom. The Bertz CT molecular complexity index is 649. The van der Waals surface area contributed by atoms with Crippen LogP contribution in [-0.4, -0.2) is 44.0 Å². The maximum Gasteiger partial charge on any atom is 0.251 e. The SMILES string of the molecule is Cc1cc(-n2ncc(Br)n2)nc(N2CCC(F)(F)CC2)n1. The first-order chi connectivity index (χ1) is 9.93. The van der Waals surface area contributed by atoms with Gasteiger partial charge in [0.2, 0.25) is 5.95 Å². The van der Waals surface area contributed by atoms with E-state index in [0.29, 0.717) is 16.4 Å². The summed E-state index contributed by atoms with van der Waals surface area (Å²) < 4.78 is 27.0. The molecule has 9 heteroatoms. The highest BCUT2D eigenvalue weighted by atomic mass is 79.9. The van der Waals surface area contributed by atoms with Crippen LogP contribution in [0, 0.1) is 6.92 Å². The summed E-state index contributed by atoms with van der Waals surface area (Å²) in [6.07, 6.45) is 1.20. The molecule has 0 spiro atoms. The Morgan fingerprint density at radius 3 is 2.57 bits per heavy atom. The molecule has 0 radical (unpaired) electrons. The van der Waals surface area contributed by atoms with Crippen molar-refractivity contribution >= 4 is 21.9 Å². The van der Waals surface area contributed by atoms with Gasteiger partial charge in [-0.2, -0.15) is 10.1 Å². The number of piperidine rings is 1. The molecule has 1 fully saturated rings. The Kier molecular flexibility index (Phi) is 3.60. The highest BCUT2D eigenvalue weighted by Crippen LogP contribution is 2.29. The fraction of sp³-hybridized carbons (Fsp3) is 0.500. The van der Waals surface area contributed by atoms with Crippen LogP contribution < -0.4 is 4.90 Å². The van der Waals surface area contributed by atoms with Crippen molar-refractivity contribution < 1.29 is 8.78 Å². The fourth-order valence-corrected chi connectivity index (χ4v) is 2.41. The Hall–Kier alpha value is -1.64. The third-order valence-corrected chi connectivity index (χ3v) is 3.64. The molecule has 2 aromatic rings. The van der Waals surface area contributed by atoms with Crippen LogP contribution in [0.4, 0.5) is 14.7 Å². The van der Waals surface area contributed by atoms with Gasteiger partial charge in [-0.3, -0.25) is 0 Å². The summed E-state index contributed by atoms with van der Waals surface area (Å²) in [7, 11) is 0. The van der Waals surface area contributed by atoms with Gasteiger partial charge in [0, 0.05) is 37.7 Å². The van der Waals surface area contributed by atoms with Crippen molar-refractivity contribution in [1.82, 2.24) is 25.0 Å². The van der Waals surface area contributed by atoms with Gasteiger partial charge in [-0.25, -0.2) is 13.8 Å². The number of hydrogen-bond acceptors (Lipinski definition) is 5. The lowest BCUT2D eigenvalue weighted by atomic mass is 10.1. The standard InChI is InChI=1S/C12H13BrF2N6/c1-8-6-10(21-16-7-9(13)19-21)18-11(17-8)20-4-2-12(14,15)3-5-20/h6-7H,2-5H2,1H3. The summed E-state index contributed by atoms with van der Waals surface area (Å²) in [5.41, 5.74) is 0.737. The molecule has 0 N–H and O–H groups in total. The molecule has 0 saturated carbocycles. The minimum Gasteiger partial charge on any atom is -0.340 e. The maximum atomic E-state index is 13.2.